The molecule has 1 unspecified atom stereocenters. The van der Waals surface area contributed by atoms with Gasteiger partial charge in [0.2, 0.25) is 5.91 Å². The number of carbonyl (C=O) groups excluding carboxylic acids is 1. The van der Waals surface area contributed by atoms with Crippen molar-refractivity contribution in [3.63, 3.8) is 0 Å². The Morgan fingerprint density at radius 2 is 2.56 bits per heavy atom. The summed E-state index contributed by atoms with van der Waals surface area (Å²) < 4.78 is 0. The number of hydrogen-bond acceptors (Lipinski definition) is 3. The molecule has 1 fully saturated rings. The zero-order valence-corrected chi connectivity index (χ0v) is 10.2. The number of nitrogens with one attached hydrogen (secondary N) is 2. The molecule has 0 bridgehead atoms. The predicted octanol–water partition coefficient (Wildman–Crippen LogP) is 1.41. The van der Waals surface area contributed by atoms with Crippen LogP contribution in [-0.2, 0) is 11.2 Å². The minimum absolute atomic E-state index is 0.143. The second-order valence-electron chi connectivity index (χ2n) is 4.31. The molecule has 1 amide bonds. The first-order chi connectivity index (χ1) is 7.84. The van der Waals surface area contributed by atoms with Crippen LogP contribution in [0.3, 0.4) is 0 Å². The first-order valence-electron chi connectivity index (χ1n) is 5.83. The topological polar surface area (TPSA) is 41.1 Å². The molecule has 3 nitrogen and oxygen atoms in total. The molecule has 1 saturated heterocycles. The van der Waals surface area contributed by atoms with E-state index in [0.29, 0.717) is 6.42 Å². The summed E-state index contributed by atoms with van der Waals surface area (Å²) in [6.45, 7) is 3.06. The summed E-state index contributed by atoms with van der Waals surface area (Å²) in [4.78, 5) is 11.6. The highest BCUT2D eigenvalue weighted by atomic mass is 32.1. The van der Waals surface area contributed by atoms with Gasteiger partial charge in [-0.05, 0) is 54.2 Å². The predicted molar refractivity (Wildman–Crippen MR) is 66.6 cm³/mol. The fraction of sp³-hybridized carbons (Fsp3) is 0.583. The molecule has 2 heterocycles. The molecule has 2 rings (SSSR count). The fourth-order valence-corrected chi connectivity index (χ4v) is 2.69. The molecule has 1 atom stereocenters. The Bertz CT molecular complexity index is 318. The van der Waals surface area contributed by atoms with Crippen LogP contribution in [0.1, 0.15) is 18.4 Å². The lowest BCUT2D eigenvalue weighted by atomic mass is 10.1. The molecule has 0 aromatic carbocycles. The van der Waals surface area contributed by atoms with Gasteiger partial charge >= 0.3 is 0 Å². The van der Waals surface area contributed by atoms with Crippen molar-refractivity contribution in [2.75, 3.05) is 19.6 Å². The minimum Gasteiger partial charge on any atom is -0.356 e. The Balaban J connectivity index is 1.60. The summed E-state index contributed by atoms with van der Waals surface area (Å²) >= 11 is 1.64. The molecule has 4 heteroatoms. The second kappa shape index (κ2) is 6.01. The zero-order chi connectivity index (χ0) is 11.2. The van der Waals surface area contributed by atoms with Gasteiger partial charge in [0, 0.05) is 6.54 Å². The maximum atomic E-state index is 11.6. The summed E-state index contributed by atoms with van der Waals surface area (Å²) in [5.74, 6) is 0.894. The van der Waals surface area contributed by atoms with Gasteiger partial charge in [-0.2, -0.15) is 11.3 Å². The Labute approximate surface area is 100 Å². The second-order valence-corrected chi connectivity index (χ2v) is 5.09. The SMILES string of the molecule is O=C(Cc1ccsc1)NCCC1CCNC1. The van der Waals surface area contributed by atoms with Crippen LogP contribution in [0.25, 0.3) is 0 Å². The molecule has 88 valence electrons. The molecule has 1 aromatic heterocycles. The molecular formula is C12H18N2OS. The summed E-state index contributed by atoms with van der Waals surface area (Å²) in [5.41, 5.74) is 1.12. The molecule has 2 N–H and O–H groups in total. The average molecular weight is 238 g/mol. The van der Waals surface area contributed by atoms with E-state index in [0.717, 1.165) is 37.5 Å². The van der Waals surface area contributed by atoms with Crippen LogP contribution in [0.2, 0.25) is 0 Å². The van der Waals surface area contributed by atoms with Crippen molar-refractivity contribution in [1.82, 2.24) is 10.6 Å². The lowest BCUT2D eigenvalue weighted by Crippen LogP contribution is -2.27. The quantitative estimate of drug-likeness (QED) is 0.814. The van der Waals surface area contributed by atoms with Crippen molar-refractivity contribution in [3.05, 3.63) is 22.4 Å². The number of amides is 1. The van der Waals surface area contributed by atoms with Crippen molar-refractivity contribution < 1.29 is 4.79 Å². The smallest absolute Gasteiger partial charge is 0.224 e. The van der Waals surface area contributed by atoms with Crippen molar-refractivity contribution in [1.29, 1.82) is 0 Å². The van der Waals surface area contributed by atoms with Crippen LogP contribution in [0.15, 0.2) is 16.8 Å². The summed E-state index contributed by atoms with van der Waals surface area (Å²) in [7, 11) is 0. The molecule has 1 aromatic rings. The van der Waals surface area contributed by atoms with Crippen LogP contribution in [0.4, 0.5) is 0 Å². The molecule has 0 saturated carbocycles. The minimum atomic E-state index is 0.143. The largest absolute Gasteiger partial charge is 0.356 e. The Hall–Kier alpha value is -0.870. The third-order valence-corrected chi connectivity index (χ3v) is 3.71. The van der Waals surface area contributed by atoms with Crippen molar-refractivity contribution in [3.8, 4) is 0 Å². The van der Waals surface area contributed by atoms with E-state index in [2.05, 4.69) is 10.6 Å². The molecule has 16 heavy (non-hydrogen) atoms. The van der Waals surface area contributed by atoms with Gasteiger partial charge in [0.15, 0.2) is 0 Å². The summed E-state index contributed by atoms with van der Waals surface area (Å²) in [5, 5.41) is 10.4. The average Bonchev–Trinajstić information content (AvgIpc) is 2.90. The Kier molecular flexibility index (Phi) is 4.36. The van der Waals surface area contributed by atoms with E-state index in [4.69, 9.17) is 0 Å². The van der Waals surface area contributed by atoms with Crippen LogP contribution in [0, 0.1) is 5.92 Å². The van der Waals surface area contributed by atoms with E-state index in [1.54, 1.807) is 11.3 Å². The van der Waals surface area contributed by atoms with Crippen molar-refractivity contribution in [2.24, 2.45) is 5.92 Å². The van der Waals surface area contributed by atoms with E-state index < -0.39 is 0 Å². The van der Waals surface area contributed by atoms with Gasteiger partial charge in [0.1, 0.15) is 0 Å². The molecule has 1 aliphatic heterocycles. The first-order valence-corrected chi connectivity index (χ1v) is 6.77. The van der Waals surface area contributed by atoms with E-state index in [1.807, 2.05) is 16.8 Å². The third-order valence-electron chi connectivity index (χ3n) is 2.98. The van der Waals surface area contributed by atoms with Crippen molar-refractivity contribution in [2.45, 2.75) is 19.3 Å². The van der Waals surface area contributed by atoms with Crippen LogP contribution in [-0.4, -0.2) is 25.5 Å². The maximum Gasteiger partial charge on any atom is 0.224 e. The van der Waals surface area contributed by atoms with Gasteiger partial charge in [0.25, 0.3) is 0 Å². The standard InChI is InChI=1S/C12H18N2OS/c15-12(7-11-3-6-16-9-11)14-5-2-10-1-4-13-8-10/h3,6,9-10,13H,1-2,4-5,7-8H2,(H,14,15). The zero-order valence-electron chi connectivity index (χ0n) is 9.37. The number of rotatable bonds is 5. The van der Waals surface area contributed by atoms with Gasteiger partial charge in [-0.25, -0.2) is 0 Å². The van der Waals surface area contributed by atoms with E-state index in [1.165, 1.54) is 6.42 Å². The Morgan fingerprint density at radius 3 is 3.25 bits per heavy atom. The van der Waals surface area contributed by atoms with Gasteiger partial charge < -0.3 is 10.6 Å². The van der Waals surface area contributed by atoms with Gasteiger partial charge in [-0.1, -0.05) is 0 Å². The molecule has 0 spiro atoms. The summed E-state index contributed by atoms with van der Waals surface area (Å²) in [6, 6.07) is 2.01. The number of carbonyl (C=O) groups is 1. The van der Waals surface area contributed by atoms with Crippen LogP contribution < -0.4 is 10.6 Å². The van der Waals surface area contributed by atoms with Gasteiger partial charge in [-0.3, -0.25) is 4.79 Å². The highest BCUT2D eigenvalue weighted by Gasteiger charge is 2.14. The maximum absolute atomic E-state index is 11.6. The lowest BCUT2D eigenvalue weighted by Gasteiger charge is -2.08. The van der Waals surface area contributed by atoms with Crippen LogP contribution >= 0.6 is 11.3 Å². The molecule has 0 aliphatic carbocycles. The number of thiophene rings is 1. The molecule has 0 radical (unpaired) electrons. The monoisotopic (exact) mass is 238 g/mol. The van der Waals surface area contributed by atoms with E-state index in [9.17, 15) is 4.79 Å². The molecular weight excluding hydrogens is 220 g/mol. The fourth-order valence-electron chi connectivity index (χ4n) is 2.02. The normalized spacial score (nSPS) is 19.9. The van der Waals surface area contributed by atoms with Crippen LogP contribution in [0.5, 0.6) is 0 Å². The highest BCUT2D eigenvalue weighted by molar-refractivity contribution is 7.07. The third kappa shape index (κ3) is 3.61. The van der Waals surface area contributed by atoms with E-state index >= 15 is 0 Å². The van der Waals surface area contributed by atoms with E-state index in [-0.39, 0.29) is 5.91 Å². The van der Waals surface area contributed by atoms with Gasteiger partial charge in [-0.15, -0.1) is 0 Å². The highest BCUT2D eigenvalue weighted by Crippen LogP contribution is 2.11. The molecule has 1 aliphatic rings. The first kappa shape index (κ1) is 11.6. The lowest BCUT2D eigenvalue weighted by molar-refractivity contribution is -0.120. The summed E-state index contributed by atoms with van der Waals surface area (Å²) in [6.07, 6.45) is 2.87. The van der Waals surface area contributed by atoms with Gasteiger partial charge in [0.05, 0.1) is 6.42 Å². The Morgan fingerprint density at radius 1 is 1.62 bits per heavy atom. The van der Waals surface area contributed by atoms with Crippen molar-refractivity contribution >= 4 is 17.2 Å². The number of hydrogen-bond donors (Lipinski definition) is 2.